The van der Waals surface area contributed by atoms with Crippen molar-refractivity contribution < 1.29 is 9.72 Å². The number of hydrogen-bond donors (Lipinski definition) is 1. The molecule has 0 radical (unpaired) electrons. The molecule has 0 atom stereocenters. The molecule has 26 heavy (non-hydrogen) atoms. The van der Waals surface area contributed by atoms with Crippen molar-refractivity contribution in [2.24, 2.45) is 0 Å². The van der Waals surface area contributed by atoms with E-state index in [-0.39, 0.29) is 16.6 Å². The number of nitro benzene ring substituents is 1. The molecule has 2 amide bonds. The molecule has 0 saturated carbocycles. The molecule has 1 heterocycles. The van der Waals surface area contributed by atoms with Gasteiger partial charge in [0.05, 0.1) is 4.92 Å². The first-order valence-electron chi connectivity index (χ1n) is 8.26. The predicted octanol–water partition coefficient (Wildman–Crippen LogP) is 3.91. The molecule has 0 aromatic heterocycles. The van der Waals surface area contributed by atoms with Crippen molar-refractivity contribution in [2.45, 2.75) is 6.92 Å². The molecule has 3 rings (SSSR count). The highest BCUT2D eigenvalue weighted by Crippen LogP contribution is 2.28. The van der Waals surface area contributed by atoms with E-state index >= 15 is 0 Å². The van der Waals surface area contributed by atoms with E-state index in [2.05, 4.69) is 5.32 Å². The number of rotatable bonds is 3. The summed E-state index contributed by atoms with van der Waals surface area (Å²) in [4.78, 5) is 26.9. The third-order valence-electron chi connectivity index (χ3n) is 4.42. The summed E-state index contributed by atoms with van der Waals surface area (Å²) < 4.78 is 0. The molecule has 8 heteroatoms. The lowest BCUT2D eigenvalue weighted by atomic mass is 10.2. The number of nitrogens with one attached hydrogen (secondary N) is 1. The number of carbonyl (C=O) groups is 1. The van der Waals surface area contributed by atoms with Crippen molar-refractivity contribution in [3.05, 3.63) is 63.2 Å². The Kier molecular flexibility index (Phi) is 5.27. The van der Waals surface area contributed by atoms with Crippen molar-refractivity contribution >= 4 is 34.7 Å². The zero-order chi connectivity index (χ0) is 18.7. The third kappa shape index (κ3) is 3.88. The number of nitro groups is 1. The highest BCUT2D eigenvalue weighted by atomic mass is 35.5. The zero-order valence-electron chi connectivity index (χ0n) is 14.3. The molecule has 2 aromatic rings. The molecule has 0 spiro atoms. The van der Waals surface area contributed by atoms with Crippen molar-refractivity contribution in [3.63, 3.8) is 0 Å². The summed E-state index contributed by atoms with van der Waals surface area (Å²) in [5.41, 5.74) is 2.29. The van der Waals surface area contributed by atoms with Crippen LogP contribution in [0.5, 0.6) is 0 Å². The van der Waals surface area contributed by atoms with Gasteiger partial charge in [-0.05, 0) is 36.8 Å². The minimum absolute atomic E-state index is 0.0854. The number of piperazine rings is 1. The van der Waals surface area contributed by atoms with Gasteiger partial charge in [-0.15, -0.1) is 0 Å². The maximum Gasteiger partial charge on any atom is 0.321 e. The van der Waals surface area contributed by atoms with Gasteiger partial charge in [0, 0.05) is 43.0 Å². The van der Waals surface area contributed by atoms with Crippen LogP contribution in [0.25, 0.3) is 0 Å². The summed E-state index contributed by atoms with van der Waals surface area (Å²) in [6, 6.07) is 11.8. The standard InChI is InChI=1S/C18H19ClN4O3/c1-13-12-14(19)6-7-15(13)20-18(24)22-10-8-21(9-11-22)16-4-2-3-5-17(16)23(25)26/h2-7,12H,8-11H2,1H3,(H,20,24). The van der Waals surface area contributed by atoms with Crippen LogP contribution in [0.3, 0.4) is 0 Å². The van der Waals surface area contributed by atoms with Gasteiger partial charge < -0.3 is 15.1 Å². The van der Waals surface area contributed by atoms with Crippen molar-refractivity contribution in [2.75, 3.05) is 36.4 Å². The predicted molar refractivity (Wildman–Crippen MR) is 102 cm³/mol. The summed E-state index contributed by atoms with van der Waals surface area (Å²) in [5.74, 6) is 0. The zero-order valence-corrected chi connectivity index (χ0v) is 15.1. The average Bonchev–Trinajstić information content (AvgIpc) is 2.64. The Labute approximate surface area is 156 Å². The molecular formula is C18H19ClN4O3. The van der Waals surface area contributed by atoms with E-state index in [0.717, 1.165) is 11.3 Å². The molecule has 1 fully saturated rings. The van der Waals surface area contributed by atoms with Gasteiger partial charge in [0.1, 0.15) is 5.69 Å². The van der Waals surface area contributed by atoms with Crippen molar-refractivity contribution in [3.8, 4) is 0 Å². The fraction of sp³-hybridized carbons (Fsp3) is 0.278. The number of carbonyl (C=O) groups excluding carboxylic acids is 1. The monoisotopic (exact) mass is 374 g/mol. The number of amides is 2. The molecule has 7 nitrogen and oxygen atoms in total. The largest absolute Gasteiger partial charge is 0.362 e. The Balaban J connectivity index is 1.63. The molecule has 0 bridgehead atoms. The van der Waals surface area contributed by atoms with Gasteiger partial charge in [-0.3, -0.25) is 10.1 Å². The van der Waals surface area contributed by atoms with E-state index in [1.807, 2.05) is 11.8 Å². The number of anilines is 2. The number of benzene rings is 2. The number of halogens is 1. The van der Waals surface area contributed by atoms with Crippen LogP contribution in [-0.2, 0) is 0 Å². The van der Waals surface area contributed by atoms with E-state index in [0.29, 0.717) is 36.9 Å². The fourth-order valence-corrected chi connectivity index (χ4v) is 3.22. The Hall–Kier alpha value is -2.80. The molecular weight excluding hydrogens is 356 g/mol. The molecule has 0 aliphatic carbocycles. The maximum atomic E-state index is 12.5. The second-order valence-electron chi connectivity index (χ2n) is 6.11. The van der Waals surface area contributed by atoms with Crippen molar-refractivity contribution in [1.82, 2.24) is 4.90 Å². The summed E-state index contributed by atoms with van der Waals surface area (Å²) in [7, 11) is 0. The van der Waals surface area contributed by atoms with Gasteiger partial charge in [-0.25, -0.2) is 4.79 Å². The van der Waals surface area contributed by atoms with Gasteiger partial charge in [0.25, 0.3) is 5.69 Å². The summed E-state index contributed by atoms with van der Waals surface area (Å²) in [5, 5.41) is 14.7. The molecule has 1 aliphatic heterocycles. The quantitative estimate of drug-likeness (QED) is 0.652. The highest BCUT2D eigenvalue weighted by molar-refractivity contribution is 6.30. The SMILES string of the molecule is Cc1cc(Cl)ccc1NC(=O)N1CCN(c2ccccc2[N+](=O)[O-])CC1. The lowest BCUT2D eigenvalue weighted by molar-refractivity contribution is -0.384. The fourth-order valence-electron chi connectivity index (χ4n) is 3.00. The first kappa shape index (κ1) is 18.0. The van der Waals surface area contributed by atoms with Gasteiger partial charge in [0.15, 0.2) is 0 Å². The molecule has 2 aromatic carbocycles. The minimum Gasteiger partial charge on any atom is -0.362 e. The second-order valence-corrected chi connectivity index (χ2v) is 6.55. The van der Waals surface area contributed by atoms with E-state index in [9.17, 15) is 14.9 Å². The van der Waals surface area contributed by atoms with Crippen LogP contribution in [0.4, 0.5) is 21.9 Å². The van der Waals surface area contributed by atoms with Crippen molar-refractivity contribution in [1.29, 1.82) is 0 Å². The van der Waals surface area contributed by atoms with Crippen LogP contribution in [0, 0.1) is 17.0 Å². The number of hydrogen-bond acceptors (Lipinski definition) is 4. The summed E-state index contributed by atoms with van der Waals surface area (Å²) >= 11 is 5.93. The van der Waals surface area contributed by atoms with Crippen LogP contribution < -0.4 is 10.2 Å². The summed E-state index contributed by atoms with van der Waals surface area (Å²) in [6.07, 6.45) is 0. The Bertz CT molecular complexity index is 835. The smallest absolute Gasteiger partial charge is 0.321 e. The van der Waals surface area contributed by atoms with Crippen LogP contribution in [0.2, 0.25) is 5.02 Å². The second kappa shape index (κ2) is 7.61. The minimum atomic E-state index is -0.377. The molecule has 0 unspecified atom stereocenters. The van der Waals surface area contributed by atoms with E-state index in [1.54, 1.807) is 41.3 Å². The normalized spacial score (nSPS) is 14.2. The number of nitrogens with zero attached hydrogens (tertiary/aromatic N) is 3. The molecule has 136 valence electrons. The lowest BCUT2D eigenvalue weighted by Gasteiger charge is -2.35. The highest BCUT2D eigenvalue weighted by Gasteiger charge is 2.25. The van der Waals surface area contributed by atoms with E-state index in [1.165, 1.54) is 6.07 Å². The van der Waals surface area contributed by atoms with Gasteiger partial charge in [-0.1, -0.05) is 23.7 Å². The first-order valence-corrected chi connectivity index (χ1v) is 8.64. The lowest BCUT2D eigenvalue weighted by Crippen LogP contribution is -2.50. The Morgan fingerprint density at radius 1 is 1.15 bits per heavy atom. The number of para-hydroxylation sites is 2. The van der Waals surface area contributed by atoms with E-state index in [4.69, 9.17) is 11.6 Å². The first-order chi connectivity index (χ1) is 12.5. The number of aryl methyl sites for hydroxylation is 1. The van der Waals surface area contributed by atoms with Crippen LogP contribution in [0.1, 0.15) is 5.56 Å². The van der Waals surface area contributed by atoms with Gasteiger partial charge in [0.2, 0.25) is 0 Å². The molecule has 1 saturated heterocycles. The molecule has 1 aliphatic rings. The topological polar surface area (TPSA) is 78.7 Å². The van der Waals surface area contributed by atoms with Gasteiger partial charge >= 0.3 is 6.03 Å². The summed E-state index contributed by atoms with van der Waals surface area (Å²) in [6.45, 7) is 3.94. The third-order valence-corrected chi connectivity index (χ3v) is 4.65. The van der Waals surface area contributed by atoms with Crippen LogP contribution in [0.15, 0.2) is 42.5 Å². The van der Waals surface area contributed by atoms with E-state index < -0.39 is 0 Å². The number of urea groups is 1. The molecule has 1 N–H and O–H groups in total. The Morgan fingerprint density at radius 2 is 1.85 bits per heavy atom. The Morgan fingerprint density at radius 3 is 2.50 bits per heavy atom. The maximum absolute atomic E-state index is 12.5. The van der Waals surface area contributed by atoms with Crippen LogP contribution >= 0.6 is 11.6 Å². The average molecular weight is 375 g/mol. The van der Waals surface area contributed by atoms with Crippen LogP contribution in [-0.4, -0.2) is 42.0 Å². The van der Waals surface area contributed by atoms with Gasteiger partial charge in [-0.2, -0.15) is 0 Å².